The first-order valence-electron chi connectivity index (χ1n) is 8.02. The van der Waals surface area contributed by atoms with Crippen molar-refractivity contribution < 1.29 is 14.7 Å². The van der Waals surface area contributed by atoms with Gasteiger partial charge in [0.25, 0.3) is 11.8 Å². The van der Waals surface area contributed by atoms with E-state index in [9.17, 15) is 14.7 Å². The summed E-state index contributed by atoms with van der Waals surface area (Å²) in [4.78, 5) is 24.0. The van der Waals surface area contributed by atoms with Crippen molar-refractivity contribution in [1.82, 2.24) is 5.32 Å². The van der Waals surface area contributed by atoms with Gasteiger partial charge in [-0.15, -0.1) is 0 Å². The smallest absolute Gasteiger partial charge is 0.259 e. The van der Waals surface area contributed by atoms with E-state index in [1.165, 1.54) is 0 Å². The lowest BCUT2D eigenvalue weighted by molar-refractivity contribution is 0.0879. The lowest BCUT2D eigenvalue weighted by atomic mass is 10.1. The van der Waals surface area contributed by atoms with Crippen molar-refractivity contribution in [2.24, 2.45) is 0 Å². The van der Waals surface area contributed by atoms with Crippen LogP contribution in [0.3, 0.4) is 0 Å². The van der Waals surface area contributed by atoms with Crippen LogP contribution in [0, 0.1) is 0 Å². The summed E-state index contributed by atoms with van der Waals surface area (Å²) < 4.78 is 0. The Morgan fingerprint density at radius 1 is 0.692 bits per heavy atom. The summed E-state index contributed by atoms with van der Waals surface area (Å²) >= 11 is 0. The zero-order chi connectivity index (χ0) is 18.1. The summed E-state index contributed by atoms with van der Waals surface area (Å²) in [6, 6.07) is 19.4. The number of nitrogens with one attached hydrogen (secondary N) is 3. The van der Waals surface area contributed by atoms with Crippen molar-refractivity contribution in [3.05, 3.63) is 77.9 Å². The summed E-state index contributed by atoms with van der Waals surface area (Å²) in [7, 11) is 0. The Kier molecular flexibility index (Phi) is 3.78. The van der Waals surface area contributed by atoms with Crippen LogP contribution in [0.4, 0.5) is 22.7 Å². The number of fused-ring (bicyclic) bond motifs is 1. The summed E-state index contributed by atoms with van der Waals surface area (Å²) in [5, 5.41) is 18.2. The molecule has 4 rings (SSSR count). The summed E-state index contributed by atoms with van der Waals surface area (Å²) in [6.07, 6.45) is 0. The molecule has 1 heterocycles. The van der Waals surface area contributed by atoms with Crippen molar-refractivity contribution in [3.8, 4) is 5.75 Å². The zero-order valence-corrected chi connectivity index (χ0v) is 13.6. The topological polar surface area (TPSA) is 90.5 Å². The van der Waals surface area contributed by atoms with Gasteiger partial charge in [-0.3, -0.25) is 14.9 Å². The molecule has 0 unspecified atom stereocenters. The quantitative estimate of drug-likeness (QED) is 0.427. The van der Waals surface area contributed by atoms with Gasteiger partial charge in [-0.2, -0.15) is 0 Å². The molecule has 0 fully saturated rings. The Balaban J connectivity index is 1.77. The monoisotopic (exact) mass is 345 g/mol. The largest absolute Gasteiger partial charge is 0.508 e. The summed E-state index contributed by atoms with van der Waals surface area (Å²) in [5.41, 5.74) is 3.56. The fraction of sp³-hybridized carbons (Fsp3) is 0. The molecule has 0 aliphatic carbocycles. The molecule has 1 aliphatic heterocycles. The number of anilines is 4. The molecule has 0 atom stereocenters. The second kappa shape index (κ2) is 6.25. The van der Waals surface area contributed by atoms with Crippen molar-refractivity contribution >= 4 is 34.6 Å². The van der Waals surface area contributed by atoms with Gasteiger partial charge in [-0.05, 0) is 48.5 Å². The van der Waals surface area contributed by atoms with E-state index in [1.54, 1.807) is 36.4 Å². The van der Waals surface area contributed by atoms with Crippen molar-refractivity contribution in [2.75, 3.05) is 10.6 Å². The predicted molar refractivity (Wildman–Crippen MR) is 99.4 cm³/mol. The number of para-hydroxylation sites is 1. The van der Waals surface area contributed by atoms with E-state index in [0.717, 1.165) is 11.4 Å². The fourth-order valence-corrected chi connectivity index (χ4v) is 2.80. The molecule has 128 valence electrons. The Hall–Kier alpha value is -3.80. The van der Waals surface area contributed by atoms with E-state index in [-0.39, 0.29) is 5.75 Å². The van der Waals surface area contributed by atoms with Gasteiger partial charge in [0, 0.05) is 11.4 Å². The van der Waals surface area contributed by atoms with E-state index in [0.29, 0.717) is 22.5 Å². The molecule has 0 aromatic heterocycles. The molecule has 0 spiro atoms. The van der Waals surface area contributed by atoms with Gasteiger partial charge in [0.2, 0.25) is 0 Å². The normalized spacial score (nSPS) is 12.5. The predicted octanol–water partition coefficient (Wildman–Crippen LogP) is 3.76. The molecule has 6 nitrogen and oxygen atoms in total. The molecule has 0 bridgehead atoms. The minimum Gasteiger partial charge on any atom is -0.508 e. The summed E-state index contributed by atoms with van der Waals surface area (Å²) in [5.74, 6) is -0.653. The molecule has 3 aromatic rings. The van der Waals surface area contributed by atoms with Crippen LogP contribution in [-0.4, -0.2) is 16.9 Å². The van der Waals surface area contributed by atoms with Gasteiger partial charge in [-0.25, -0.2) is 0 Å². The lowest BCUT2D eigenvalue weighted by Gasteiger charge is -2.15. The number of rotatable bonds is 4. The third-order valence-corrected chi connectivity index (χ3v) is 4.07. The molecule has 1 aliphatic rings. The molecular formula is C20H15N3O3. The Morgan fingerprint density at radius 3 is 1.73 bits per heavy atom. The minimum absolute atomic E-state index is 0.164. The third-order valence-electron chi connectivity index (χ3n) is 4.07. The van der Waals surface area contributed by atoms with Crippen LogP contribution in [0.1, 0.15) is 20.7 Å². The Labute approximate surface area is 149 Å². The van der Waals surface area contributed by atoms with Crippen LogP contribution in [0.2, 0.25) is 0 Å². The van der Waals surface area contributed by atoms with Crippen LogP contribution in [0.5, 0.6) is 5.75 Å². The van der Waals surface area contributed by atoms with E-state index in [4.69, 9.17) is 0 Å². The highest BCUT2D eigenvalue weighted by atomic mass is 16.3. The second-order valence-corrected chi connectivity index (χ2v) is 5.89. The molecule has 0 saturated heterocycles. The zero-order valence-electron chi connectivity index (χ0n) is 13.6. The van der Waals surface area contributed by atoms with Gasteiger partial charge < -0.3 is 15.7 Å². The number of imide groups is 1. The molecule has 4 N–H and O–H groups in total. The lowest BCUT2D eigenvalue weighted by Crippen LogP contribution is -2.19. The SMILES string of the molecule is O=C1NC(=O)c2cc(Nc3ccc(O)cc3)c(Nc3ccccc3)cc21. The molecule has 26 heavy (non-hydrogen) atoms. The molecule has 3 aromatic carbocycles. The number of amides is 2. The maximum Gasteiger partial charge on any atom is 0.259 e. The number of hydrogen-bond donors (Lipinski definition) is 4. The van der Waals surface area contributed by atoms with Crippen LogP contribution in [0.25, 0.3) is 0 Å². The minimum atomic E-state index is -0.412. The first-order valence-corrected chi connectivity index (χ1v) is 8.02. The van der Waals surface area contributed by atoms with E-state index >= 15 is 0 Å². The molecule has 0 radical (unpaired) electrons. The number of hydrogen-bond acceptors (Lipinski definition) is 5. The highest BCUT2D eigenvalue weighted by Crippen LogP contribution is 2.33. The maximum absolute atomic E-state index is 12.0. The second-order valence-electron chi connectivity index (χ2n) is 5.89. The molecular weight excluding hydrogens is 330 g/mol. The number of phenols is 1. The van der Waals surface area contributed by atoms with E-state index in [2.05, 4.69) is 16.0 Å². The van der Waals surface area contributed by atoms with Gasteiger partial charge in [-0.1, -0.05) is 18.2 Å². The van der Waals surface area contributed by atoms with Crippen LogP contribution < -0.4 is 16.0 Å². The first-order chi connectivity index (χ1) is 12.6. The number of carbonyl (C=O) groups excluding carboxylic acids is 2. The highest BCUT2D eigenvalue weighted by Gasteiger charge is 2.28. The van der Waals surface area contributed by atoms with Crippen LogP contribution >= 0.6 is 0 Å². The van der Waals surface area contributed by atoms with Gasteiger partial charge >= 0.3 is 0 Å². The van der Waals surface area contributed by atoms with Crippen LogP contribution in [0.15, 0.2) is 66.7 Å². The van der Waals surface area contributed by atoms with Gasteiger partial charge in [0.05, 0.1) is 22.5 Å². The highest BCUT2D eigenvalue weighted by molar-refractivity contribution is 6.22. The number of phenolic OH excluding ortho intramolecular Hbond substituents is 1. The van der Waals surface area contributed by atoms with Crippen molar-refractivity contribution in [3.63, 3.8) is 0 Å². The van der Waals surface area contributed by atoms with Crippen molar-refractivity contribution in [2.45, 2.75) is 0 Å². The molecule has 2 amide bonds. The Morgan fingerprint density at radius 2 is 1.19 bits per heavy atom. The molecule has 0 saturated carbocycles. The summed E-state index contributed by atoms with van der Waals surface area (Å²) in [6.45, 7) is 0. The third kappa shape index (κ3) is 2.95. The van der Waals surface area contributed by atoms with Gasteiger partial charge in [0.15, 0.2) is 0 Å². The van der Waals surface area contributed by atoms with Gasteiger partial charge in [0.1, 0.15) is 5.75 Å². The number of benzene rings is 3. The van der Waals surface area contributed by atoms with Crippen molar-refractivity contribution in [1.29, 1.82) is 0 Å². The Bertz CT molecular complexity index is 999. The number of aromatic hydroxyl groups is 1. The van der Waals surface area contributed by atoms with Crippen LogP contribution in [-0.2, 0) is 0 Å². The average molecular weight is 345 g/mol. The van der Waals surface area contributed by atoms with E-state index < -0.39 is 11.8 Å². The molecule has 6 heteroatoms. The standard InChI is InChI=1S/C20H15N3O3/c24-14-8-6-13(7-9-14)22-18-11-16-15(19(25)23-20(16)26)10-17(18)21-12-4-2-1-3-5-12/h1-11,21-22,24H,(H,23,25,26). The first kappa shape index (κ1) is 15.7. The number of carbonyl (C=O) groups is 2. The maximum atomic E-state index is 12.0. The van der Waals surface area contributed by atoms with E-state index in [1.807, 2.05) is 30.3 Å². The fourth-order valence-electron chi connectivity index (χ4n) is 2.80. The average Bonchev–Trinajstić information content (AvgIpc) is 2.91.